The van der Waals surface area contributed by atoms with E-state index in [1.807, 2.05) is 22.9 Å². The van der Waals surface area contributed by atoms with Crippen LogP contribution in [0.3, 0.4) is 0 Å². The molecule has 1 atom stereocenters. The molecule has 1 saturated heterocycles. The Morgan fingerprint density at radius 2 is 2.00 bits per heavy atom. The first-order valence-corrected chi connectivity index (χ1v) is 7.58. The second kappa shape index (κ2) is 5.22. The van der Waals surface area contributed by atoms with Crippen molar-refractivity contribution in [2.45, 2.75) is 45.7 Å². The molecule has 2 heterocycles. The average molecular weight is 285 g/mol. The van der Waals surface area contributed by atoms with Gasteiger partial charge in [0, 0.05) is 0 Å². The number of aromatic nitrogens is 4. The van der Waals surface area contributed by atoms with E-state index in [0.29, 0.717) is 6.54 Å². The Balaban J connectivity index is 1.98. The maximum atomic E-state index is 4.37. The van der Waals surface area contributed by atoms with Crippen molar-refractivity contribution in [2.75, 3.05) is 6.54 Å². The summed E-state index contributed by atoms with van der Waals surface area (Å²) in [7, 11) is 0. The predicted molar refractivity (Wildman–Crippen MR) is 81.7 cm³/mol. The van der Waals surface area contributed by atoms with Crippen LogP contribution in [0.1, 0.15) is 45.0 Å². The molecule has 1 aliphatic heterocycles. The van der Waals surface area contributed by atoms with E-state index < -0.39 is 0 Å². The zero-order valence-corrected chi connectivity index (χ0v) is 13.0. The lowest BCUT2D eigenvalue weighted by atomic mass is 9.72. The molecule has 5 nitrogen and oxygen atoms in total. The van der Waals surface area contributed by atoms with E-state index in [-0.39, 0.29) is 11.0 Å². The molecule has 0 amide bonds. The summed E-state index contributed by atoms with van der Waals surface area (Å²) in [4.78, 5) is 0. The number of hydrogen-bond acceptors (Lipinski definition) is 4. The van der Waals surface area contributed by atoms with Crippen molar-refractivity contribution >= 4 is 0 Å². The Morgan fingerprint density at radius 3 is 2.62 bits per heavy atom. The topological polar surface area (TPSA) is 55.6 Å². The molecular formula is C16H23N5. The normalized spacial score (nSPS) is 22.6. The molecule has 3 rings (SSSR count). The zero-order valence-electron chi connectivity index (χ0n) is 13.0. The summed E-state index contributed by atoms with van der Waals surface area (Å²) in [5, 5.41) is 16.2. The summed E-state index contributed by atoms with van der Waals surface area (Å²) in [6.45, 7) is 8.50. The maximum Gasteiger partial charge on any atom is 0.172 e. The fourth-order valence-electron chi connectivity index (χ4n) is 3.28. The fraction of sp³-hybridized carbons (Fsp3) is 0.562. The number of rotatable bonds is 3. The van der Waals surface area contributed by atoms with Crippen LogP contribution in [0.15, 0.2) is 30.3 Å². The molecule has 1 fully saturated rings. The Morgan fingerprint density at radius 1 is 1.24 bits per heavy atom. The molecule has 1 N–H and O–H groups in total. The minimum atomic E-state index is -0.148. The third-order valence-electron chi connectivity index (χ3n) is 4.52. The van der Waals surface area contributed by atoms with Crippen LogP contribution in [0.5, 0.6) is 0 Å². The van der Waals surface area contributed by atoms with E-state index in [2.05, 4.69) is 53.7 Å². The van der Waals surface area contributed by atoms with E-state index in [0.717, 1.165) is 25.2 Å². The first-order valence-electron chi connectivity index (χ1n) is 7.58. The van der Waals surface area contributed by atoms with Gasteiger partial charge in [-0.05, 0) is 40.8 Å². The summed E-state index contributed by atoms with van der Waals surface area (Å²) >= 11 is 0. The van der Waals surface area contributed by atoms with Crippen molar-refractivity contribution in [3.63, 3.8) is 0 Å². The lowest BCUT2D eigenvalue weighted by Crippen LogP contribution is -2.50. The van der Waals surface area contributed by atoms with Gasteiger partial charge in [-0.25, -0.2) is 4.68 Å². The van der Waals surface area contributed by atoms with Gasteiger partial charge in [0.1, 0.15) is 0 Å². The molecule has 0 saturated carbocycles. The van der Waals surface area contributed by atoms with E-state index >= 15 is 0 Å². The van der Waals surface area contributed by atoms with Gasteiger partial charge in [-0.3, -0.25) is 0 Å². The molecule has 21 heavy (non-hydrogen) atoms. The Labute approximate surface area is 125 Å². The standard InChI is InChI=1S/C16H23N5/c1-15(2,3)16(10-7-11-17-16)14-18-19-20-21(14)12-13-8-5-4-6-9-13/h4-6,8-9,17H,7,10-12H2,1-3H3. The fourth-order valence-corrected chi connectivity index (χ4v) is 3.28. The highest BCUT2D eigenvalue weighted by Gasteiger charge is 2.49. The molecule has 1 unspecified atom stereocenters. The van der Waals surface area contributed by atoms with Crippen molar-refractivity contribution in [3.8, 4) is 0 Å². The largest absolute Gasteiger partial charge is 0.304 e. The van der Waals surface area contributed by atoms with E-state index in [9.17, 15) is 0 Å². The van der Waals surface area contributed by atoms with Gasteiger partial charge in [-0.15, -0.1) is 5.10 Å². The lowest BCUT2D eigenvalue weighted by molar-refractivity contribution is 0.143. The summed E-state index contributed by atoms with van der Waals surface area (Å²) in [5.74, 6) is 0.955. The van der Waals surface area contributed by atoms with Crippen LogP contribution >= 0.6 is 0 Å². The highest BCUT2D eigenvalue weighted by Crippen LogP contribution is 2.44. The molecule has 5 heteroatoms. The SMILES string of the molecule is CC(C)(C)C1(c2nnnn2Cc2ccccc2)CCCN1. The predicted octanol–water partition coefficient (Wildman–Crippen LogP) is 2.35. The third kappa shape index (κ3) is 2.46. The van der Waals surface area contributed by atoms with Gasteiger partial charge < -0.3 is 5.32 Å². The summed E-state index contributed by atoms with van der Waals surface area (Å²) in [5.41, 5.74) is 1.13. The molecule has 0 spiro atoms. The number of benzene rings is 1. The highest BCUT2D eigenvalue weighted by molar-refractivity contribution is 5.18. The minimum Gasteiger partial charge on any atom is -0.304 e. The van der Waals surface area contributed by atoms with Crippen LogP contribution in [0.25, 0.3) is 0 Å². The molecule has 2 aromatic rings. The van der Waals surface area contributed by atoms with Crippen molar-refractivity contribution < 1.29 is 0 Å². The third-order valence-corrected chi connectivity index (χ3v) is 4.52. The summed E-state index contributed by atoms with van der Waals surface area (Å²) in [6, 6.07) is 10.3. The second-order valence-corrected chi connectivity index (χ2v) is 6.83. The highest BCUT2D eigenvalue weighted by atomic mass is 15.6. The lowest BCUT2D eigenvalue weighted by Gasteiger charge is -2.40. The molecule has 1 aliphatic rings. The first-order chi connectivity index (χ1) is 10.0. The zero-order chi connectivity index (χ0) is 14.9. The van der Waals surface area contributed by atoms with Crippen molar-refractivity contribution in [1.29, 1.82) is 0 Å². The number of nitrogens with one attached hydrogen (secondary N) is 1. The Hall–Kier alpha value is -1.75. The molecule has 112 valence electrons. The van der Waals surface area contributed by atoms with Crippen molar-refractivity contribution in [1.82, 2.24) is 25.5 Å². The van der Waals surface area contributed by atoms with Gasteiger partial charge in [-0.2, -0.15) is 0 Å². The van der Waals surface area contributed by atoms with E-state index in [1.54, 1.807) is 0 Å². The Bertz CT molecular complexity index is 591. The van der Waals surface area contributed by atoms with E-state index in [1.165, 1.54) is 5.56 Å². The molecule has 0 radical (unpaired) electrons. The van der Waals surface area contributed by atoms with Gasteiger partial charge >= 0.3 is 0 Å². The van der Waals surface area contributed by atoms with Crippen LogP contribution in [0.4, 0.5) is 0 Å². The number of nitrogens with zero attached hydrogens (tertiary/aromatic N) is 4. The van der Waals surface area contributed by atoms with Crippen LogP contribution in [0.2, 0.25) is 0 Å². The molecule has 1 aromatic heterocycles. The smallest absolute Gasteiger partial charge is 0.172 e. The Kier molecular flexibility index (Phi) is 3.53. The molecular weight excluding hydrogens is 262 g/mol. The van der Waals surface area contributed by atoms with Gasteiger partial charge in [0.25, 0.3) is 0 Å². The van der Waals surface area contributed by atoms with Gasteiger partial charge in [0.15, 0.2) is 5.82 Å². The minimum absolute atomic E-state index is 0.0622. The van der Waals surface area contributed by atoms with Crippen molar-refractivity contribution in [3.05, 3.63) is 41.7 Å². The van der Waals surface area contributed by atoms with Gasteiger partial charge in [-0.1, -0.05) is 51.1 Å². The van der Waals surface area contributed by atoms with E-state index in [4.69, 9.17) is 0 Å². The molecule has 0 aliphatic carbocycles. The van der Waals surface area contributed by atoms with Crippen LogP contribution < -0.4 is 5.32 Å². The quantitative estimate of drug-likeness (QED) is 0.940. The van der Waals surface area contributed by atoms with Crippen LogP contribution in [0, 0.1) is 5.41 Å². The first kappa shape index (κ1) is 14.2. The molecule has 0 bridgehead atoms. The summed E-state index contributed by atoms with van der Waals surface area (Å²) in [6.07, 6.45) is 2.24. The van der Waals surface area contributed by atoms with Crippen LogP contribution in [-0.2, 0) is 12.1 Å². The number of tetrazole rings is 1. The second-order valence-electron chi connectivity index (χ2n) is 6.83. The van der Waals surface area contributed by atoms with Crippen molar-refractivity contribution in [2.24, 2.45) is 5.41 Å². The average Bonchev–Trinajstić information content (AvgIpc) is 3.08. The number of hydrogen-bond donors (Lipinski definition) is 1. The maximum absolute atomic E-state index is 4.37. The summed E-state index contributed by atoms with van der Waals surface area (Å²) < 4.78 is 1.94. The molecule has 1 aromatic carbocycles. The van der Waals surface area contributed by atoms with Gasteiger partial charge in [0.05, 0.1) is 12.1 Å². The van der Waals surface area contributed by atoms with Gasteiger partial charge in [0.2, 0.25) is 0 Å². The monoisotopic (exact) mass is 285 g/mol. The van der Waals surface area contributed by atoms with Crippen LogP contribution in [-0.4, -0.2) is 26.8 Å².